The second kappa shape index (κ2) is 7.03. The molecule has 3 aromatic rings. The summed E-state index contributed by atoms with van der Waals surface area (Å²) >= 11 is 5.04. The average Bonchev–Trinajstić information content (AvgIpc) is 3.05. The predicted molar refractivity (Wildman–Crippen MR) is 109 cm³/mol. The molecule has 0 saturated carbocycles. The molecule has 4 rings (SSSR count). The topological polar surface area (TPSA) is 89.6 Å². The van der Waals surface area contributed by atoms with Crippen molar-refractivity contribution in [1.29, 1.82) is 0 Å². The number of ether oxygens (including phenoxy) is 1. The third-order valence-corrected chi connectivity index (χ3v) is 6.82. The van der Waals surface area contributed by atoms with Crippen LogP contribution in [0.1, 0.15) is 27.7 Å². The van der Waals surface area contributed by atoms with Gasteiger partial charge in [-0.1, -0.05) is 30.3 Å². The summed E-state index contributed by atoms with van der Waals surface area (Å²) in [5.74, 6) is 0.457. The Morgan fingerprint density at radius 3 is 2.67 bits per heavy atom. The zero-order chi connectivity index (χ0) is 19.2. The molecule has 5 nitrogen and oxygen atoms in total. The highest BCUT2D eigenvalue weighted by Crippen LogP contribution is 2.48. The molecule has 1 unspecified atom stereocenters. The minimum atomic E-state index is -3.64. The second-order valence-corrected chi connectivity index (χ2v) is 10.4. The van der Waals surface area contributed by atoms with E-state index in [0.29, 0.717) is 11.3 Å². The number of hydrogen-bond acceptors (Lipinski definition) is 5. The smallest absolute Gasteiger partial charge is 0.213 e. The van der Waals surface area contributed by atoms with Gasteiger partial charge in [0.05, 0.1) is 21.0 Å². The van der Waals surface area contributed by atoms with Gasteiger partial charge in [-0.25, -0.2) is 13.6 Å². The molecule has 27 heavy (non-hydrogen) atoms. The summed E-state index contributed by atoms with van der Waals surface area (Å²) in [6.45, 7) is -0.111. The van der Waals surface area contributed by atoms with Gasteiger partial charge in [-0.05, 0) is 50.8 Å². The summed E-state index contributed by atoms with van der Waals surface area (Å²) in [6.07, 6.45) is -0.363. The van der Waals surface area contributed by atoms with Gasteiger partial charge in [0, 0.05) is 11.1 Å². The Kier molecular flexibility index (Phi) is 4.85. The first-order chi connectivity index (χ1) is 12.9. The fraction of sp³-hybridized carbons (Fsp3) is 0.158. The van der Waals surface area contributed by atoms with E-state index in [0.717, 1.165) is 30.9 Å². The van der Waals surface area contributed by atoms with E-state index < -0.39 is 10.0 Å². The number of aliphatic hydroxyl groups excluding tert-OH is 1. The predicted octanol–water partition coefficient (Wildman–Crippen LogP) is 3.94. The first-order valence-corrected chi connectivity index (χ1v) is 11.5. The van der Waals surface area contributed by atoms with Gasteiger partial charge in [-0.2, -0.15) is 0 Å². The number of aliphatic hydroxyl groups is 1. The monoisotopic (exact) mass is 465 g/mol. The van der Waals surface area contributed by atoms with Crippen molar-refractivity contribution in [3.05, 3.63) is 73.9 Å². The maximum atomic E-state index is 11.5. The van der Waals surface area contributed by atoms with Crippen molar-refractivity contribution in [2.45, 2.75) is 18.5 Å². The van der Waals surface area contributed by atoms with Gasteiger partial charge in [0.15, 0.2) is 6.10 Å². The van der Waals surface area contributed by atoms with E-state index in [-0.39, 0.29) is 18.5 Å². The molecule has 1 aliphatic heterocycles. The van der Waals surface area contributed by atoms with Crippen LogP contribution in [0.25, 0.3) is 11.1 Å². The Morgan fingerprint density at radius 2 is 2.00 bits per heavy atom. The molecule has 0 bridgehead atoms. The van der Waals surface area contributed by atoms with Crippen LogP contribution in [0.5, 0.6) is 5.75 Å². The number of sulfonamides is 1. The van der Waals surface area contributed by atoms with Crippen molar-refractivity contribution >= 4 is 37.3 Å². The lowest BCUT2D eigenvalue weighted by atomic mass is 9.88. The van der Waals surface area contributed by atoms with Gasteiger partial charge >= 0.3 is 0 Å². The van der Waals surface area contributed by atoms with Crippen LogP contribution >= 0.6 is 27.3 Å². The van der Waals surface area contributed by atoms with Gasteiger partial charge in [0.25, 0.3) is 0 Å². The summed E-state index contributed by atoms with van der Waals surface area (Å²) in [5, 5.41) is 15.0. The Morgan fingerprint density at radius 1 is 1.19 bits per heavy atom. The SMILES string of the molecule is NS(=O)(=O)Cc1ccc2c(c1)C(c1ccc(Br)s1)Oc1cccc(CO)c1-2. The molecule has 0 saturated heterocycles. The van der Waals surface area contributed by atoms with Crippen LogP contribution in [-0.4, -0.2) is 13.5 Å². The Bertz CT molecular complexity index is 1120. The number of fused-ring (bicyclic) bond motifs is 3. The standard InChI is InChI=1S/C19H16BrNO4S2/c20-17-7-6-16(26-17)19-14-8-11(10-27(21,23)24)4-5-13(14)18-12(9-22)2-1-3-15(18)25-19/h1-8,19,22H,9-10H2,(H2,21,23,24). The van der Waals surface area contributed by atoms with Crippen molar-refractivity contribution in [3.8, 4) is 16.9 Å². The molecule has 0 amide bonds. The molecular weight excluding hydrogens is 450 g/mol. The van der Waals surface area contributed by atoms with E-state index in [2.05, 4.69) is 15.9 Å². The summed E-state index contributed by atoms with van der Waals surface area (Å²) in [6, 6.07) is 15.0. The molecule has 0 radical (unpaired) electrons. The molecule has 8 heteroatoms. The highest BCUT2D eigenvalue weighted by molar-refractivity contribution is 9.11. The third kappa shape index (κ3) is 3.68. The van der Waals surface area contributed by atoms with Crippen molar-refractivity contribution in [2.24, 2.45) is 5.14 Å². The molecule has 140 valence electrons. The number of benzene rings is 2. The van der Waals surface area contributed by atoms with Crippen LogP contribution in [-0.2, 0) is 22.4 Å². The maximum Gasteiger partial charge on any atom is 0.213 e. The largest absolute Gasteiger partial charge is 0.479 e. The molecular formula is C19H16BrNO4S2. The average molecular weight is 466 g/mol. The Balaban J connectivity index is 1.92. The molecule has 0 fully saturated rings. The summed E-state index contributed by atoms with van der Waals surface area (Å²) in [7, 11) is -3.64. The number of halogens is 1. The first-order valence-electron chi connectivity index (χ1n) is 8.14. The third-order valence-electron chi connectivity index (χ3n) is 4.42. The lowest BCUT2D eigenvalue weighted by molar-refractivity contribution is 0.244. The van der Waals surface area contributed by atoms with Gasteiger partial charge in [0.1, 0.15) is 5.75 Å². The maximum absolute atomic E-state index is 11.5. The highest BCUT2D eigenvalue weighted by atomic mass is 79.9. The van der Waals surface area contributed by atoms with Crippen LogP contribution in [0.2, 0.25) is 0 Å². The molecule has 0 spiro atoms. The zero-order valence-corrected chi connectivity index (χ0v) is 17.3. The van der Waals surface area contributed by atoms with Gasteiger partial charge in [-0.3, -0.25) is 0 Å². The summed E-state index contributed by atoms with van der Waals surface area (Å²) in [4.78, 5) is 0.996. The van der Waals surface area contributed by atoms with E-state index in [1.165, 1.54) is 0 Å². The van der Waals surface area contributed by atoms with E-state index in [9.17, 15) is 13.5 Å². The molecule has 0 aliphatic carbocycles. The Hall–Kier alpha value is -1.71. The number of thiophene rings is 1. The van der Waals surface area contributed by atoms with Crippen LogP contribution in [0, 0.1) is 0 Å². The van der Waals surface area contributed by atoms with Crippen LogP contribution in [0.3, 0.4) is 0 Å². The summed E-state index contributed by atoms with van der Waals surface area (Å²) in [5.41, 5.74) is 3.99. The van der Waals surface area contributed by atoms with Gasteiger partial charge < -0.3 is 9.84 Å². The molecule has 1 aromatic heterocycles. The molecule has 3 N–H and O–H groups in total. The second-order valence-electron chi connectivity index (χ2n) is 6.32. The number of nitrogens with two attached hydrogens (primary N) is 1. The molecule has 2 aromatic carbocycles. The minimum absolute atomic E-state index is 0.111. The minimum Gasteiger partial charge on any atom is -0.479 e. The quantitative estimate of drug-likeness (QED) is 0.610. The van der Waals surface area contributed by atoms with E-state index in [1.54, 1.807) is 17.4 Å². The lowest BCUT2D eigenvalue weighted by Gasteiger charge is -2.30. The number of rotatable bonds is 4. The fourth-order valence-corrected chi connectivity index (χ4v) is 5.48. The van der Waals surface area contributed by atoms with Crippen molar-refractivity contribution in [3.63, 3.8) is 0 Å². The molecule has 2 heterocycles. The van der Waals surface area contributed by atoms with Crippen LogP contribution in [0.4, 0.5) is 0 Å². The fourth-order valence-electron chi connectivity index (χ4n) is 3.36. The van der Waals surface area contributed by atoms with Crippen LogP contribution in [0.15, 0.2) is 52.3 Å². The van der Waals surface area contributed by atoms with E-state index in [1.807, 2.05) is 42.5 Å². The number of hydrogen-bond donors (Lipinski definition) is 2. The van der Waals surface area contributed by atoms with E-state index in [4.69, 9.17) is 9.88 Å². The van der Waals surface area contributed by atoms with Crippen molar-refractivity contribution in [1.82, 2.24) is 0 Å². The number of primary sulfonamides is 1. The zero-order valence-electron chi connectivity index (χ0n) is 14.1. The van der Waals surface area contributed by atoms with E-state index >= 15 is 0 Å². The normalized spacial score (nSPS) is 15.7. The van der Waals surface area contributed by atoms with Crippen molar-refractivity contribution < 1.29 is 18.3 Å². The lowest BCUT2D eigenvalue weighted by Crippen LogP contribution is -2.18. The van der Waals surface area contributed by atoms with Crippen molar-refractivity contribution in [2.75, 3.05) is 0 Å². The van der Waals surface area contributed by atoms with Crippen LogP contribution < -0.4 is 9.88 Å². The van der Waals surface area contributed by atoms with Gasteiger partial charge in [0.2, 0.25) is 10.0 Å². The molecule has 1 aliphatic rings. The molecule has 1 atom stereocenters. The summed E-state index contributed by atoms with van der Waals surface area (Å²) < 4.78 is 30.3. The first kappa shape index (κ1) is 18.6. The Labute approximate surface area is 169 Å². The highest BCUT2D eigenvalue weighted by Gasteiger charge is 2.30. The van der Waals surface area contributed by atoms with Gasteiger partial charge in [-0.15, -0.1) is 11.3 Å².